The maximum Gasteiger partial charge on any atom is 0.326 e. The first kappa shape index (κ1) is 17.4. The summed E-state index contributed by atoms with van der Waals surface area (Å²) in [6.07, 6.45) is 3.06. The van der Waals surface area contributed by atoms with Gasteiger partial charge in [-0.25, -0.2) is 4.79 Å². The number of amides is 2. The summed E-state index contributed by atoms with van der Waals surface area (Å²) in [7, 11) is 0. The van der Waals surface area contributed by atoms with Crippen molar-refractivity contribution < 1.29 is 19.5 Å². The number of carbonyl (C=O) groups excluding carboxylic acids is 2. The molecule has 6 N–H and O–H groups in total. The molecule has 0 spiro atoms. The van der Waals surface area contributed by atoms with E-state index in [1.807, 2.05) is 0 Å². The molecule has 1 fully saturated rings. The quantitative estimate of drug-likeness (QED) is 0.523. The lowest BCUT2D eigenvalue weighted by Crippen LogP contribution is -2.52. The van der Waals surface area contributed by atoms with E-state index in [0.29, 0.717) is 18.8 Å². The molecule has 7 heteroatoms. The van der Waals surface area contributed by atoms with Gasteiger partial charge in [0.25, 0.3) is 0 Å². The monoisotopic (exact) mass is 299 g/mol. The molecule has 1 unspecified atom stereocenters. The maximum absolute atomic E-state index is 12.4. The Hall–Kier alpha value is -1.63. The minimum absolute atomic E-state index is 0.00649. The highest BCUT2D eigenvalue weighted by molar-refractivity contribution is 5.88. The third-order valence-corrected chi connectivity index (χ3v) is 4.39. The van der Waals surface area contributed by atoms with Gasteiger partial charge in [0.1, 0.15) is 6.04 Å². The van der Waals surface area contributed by atoms with E-state index in [9.17, 15) is 14.4 Å². The van der Waals surface area contributed by atoms with Crippen molar-refractivity contribution in [3.63, 3.8) is 0 Å². The highest BCUT2D eigenvalue weighted by Crippen LogP contribution is 2.38. The Bertz CT molecular complexity index is 403. The lowest BCUT2D eigenvalue weighted by Gasteiger charge is -2.37. The van der Waals surface area contributed by atoms with Crippen LogP contribution < -0.4 is 16.8 Å². The predicted octanol–water partition coefficient (Wildman–Crippen LogP) is -0.0235. The number of nitrogens with one attached hydrogen (secondary N) is 1. The summed E-state index contributed by atoms with van der Waals surface area (Å²) in [5, 5.41) is 11.7. The van der Waals surface area contributed by atoms with Gasteiger partial charge in [-0.05, 0) is 38.0 Å². The van der Waals surface area contributed by atoms with E-state index in [-0.39, 0.29) is 25.3 Å². The number of hydrogen-bond donors (Lipinski definition) is 4. The average molecular weight is 299 g/mol. The summed E-state index contributed by atoms with van der Waals surface area (Å²) in [6.45, 7) is 2.33. The van der Waals surface area contributed by atoms with E-state index in [1.54, 1.807) is 0 Å². The molecule has 0 aromatic carbocycles. The van der Waals surface area contributed by atoms with Crippen molar-refractivity contribution in [3.8, 4) is 0 Å². The van der Waals surface area contributed by atoms with Crippen molar-refractivity contribution in [2.75, 3.05) is 6.54 Å². The summed E-state index contributed by atoms with van der Waals surface area (Å²) in [6, 6.07) is -1.10. The zero-order chi connectivity index (χ0) is 16.0. The van der Waals surface area contributed by atoms with Gasteiger partial charge in [0, 0.05) is 13.0 Å². The average Bonchev–Trinajstić information content (AvgIpc) is 2.43. The number of carbonyl (C=O) groups is 3. The lowest BCUT2D eigenvalue weighted by atomic mass is 9.70. The molecule has 21 heavy (non-hydrogen) atoms. The second kappa shape index (κ2) is 7.40. The Morgan fingerprint density at radius 2 is 1.90 bits per heavy atom. The summed E-state index contributed by atoms with van der Waals surface area (Å²) in [4.78, 5) is 34.4. The minimum atomic E-state index is -1.17. The molecule has 7 nitrogen and oxygen atoms in total. The van der Waals surface area contributed by atoms with E-state index < -0.39 is 23.3 Å². The topological polar surface area (TPSA) is 136 Å². The molecule has 1 atom stereocenters. The third kappa shape index (κ3) is 4.70. The van der Waals surface area contributed by atoms with Crippen LogP contribution in [0.2, 0.25) is 0 Å². The van der Waals surface area contributed by atoms with Gasteiger partial charge < -0.3 is 21.9 Å². The van der Waals surface area contributed by atoms with Gasteiger partial charge in [-0.2, -0.15) is 0 Å². The predicted molar refractivity (Wildman–Crippen MR) is 77.1 cm³/mol. The van der Waals surface area contributed by atoms with Crippen LogP contribution in [0.25, 0.3) is 0 Å². The second-order valence-corrected chi connectivity index (χ2v) is 6.04. The normalized spacial score (nSPS) is 26.9. The smallest absolute Gasteiger partial charge is 0.326 e. The fourth-order valence-corrected chi connectivity index (χ4v) is 2.69. The van der Waals surface area contributed by atoms with Crippen molar-refractivity contribution in [3.05, 3.63) is 0 Å². The molecule has 2 amide bonds. The Morgan fingerprint density at radius 1 is 1.33 bits per heavy atom. The fourth-order valence-electron chi connectivity index (χ4n) is 2.69. The molecular formula is C14H25N3O4. The molecule has 0 heterocycles. The Labute approximate surface area is 124 Å². The zero-order valence-corrected chi connectivity index (χ0v) is 12.4. The van der Waals surface area contributed by atoms with Crippen LogP contribution in [0, 0.1) is 11.3 Å². The molecular weight excluding hydrogens is 274 g/mol. The number of hydrogen-bond acceptors (Lipinski definition) is 4. The molecule has 0 radical (unpaired) electrons. The number of primary amides is 1. The van der Waals surface area contributed by atoms with Crippen molar-refractivity contribution in [2.45, 2.75) is 51.5 Å². The third-order valence-electron chi connectivity index (χ3n) is 4.39. The molecule has 0 aliphatic heterocycles. The second-order valence-electron chi connectivity index (χ2n) is 6.04. The van der Waals surface area contributed by atoms with Gasteiger partial charge in [-0.3, -0.25) is 9.59 Å². The van der Waals surface area contributed by atoms with E-state index >= 15 is 0 Å². The molecule has 0 saturated heterocycles. The number of carboxylic acids is 1. The maximum atomic E-state index is 12.4. The number of nitrogens with two attached hydrogens (primary N) is 2. The van der Waals surface area contributed by atoms with Crippen LogP contribution in [-0.4, -0.2) is 35.5 Å². The van der Waals surface area contributed by atoms with Gasteiger partial charge in [-0.1, -0.05) is 6.92 Å². The first-order valence-electron chi connectivity index (χ1n) is 7.33. The van der Waals surface area contributed by atoms with Gasteiger partial charge in [0.05, 0.1) is 5.41 Å². The highest BCUT2D eigenvalue weighted by Gasteiger charge is 2.41. The number of aliphatic carboxylic acids is 1. The van der Waals surface area contributed by atoms with Crippen LogP contribution in [0.1, 0.15) is 45.4 Å². The van der Waals surface area contributed by atoms with Crippen LogP contribution >= 0.6 is 0 Å². The van der Waals surface area contributed by atoms with Gasteiger partial charge in [0.2, 0.25) is 11.8 Å². The van der Waals surface area contributed by atoms with Gasteiger partial charge in [-0.15, -0.1) is 0 Å². The Morgan fingerprint density at radius 3 is 2.33 bits per heavy atom. The van der Waals surface area contributed by atoms with E-state index in [2.05, 4.69) is 12.2 Å². The molecule has 0 bridgehead atoms. The molecule has 1 aliphatic rings. The van der Waals surface area contributed by atoms with Crippen molar-refractivity contribution in [2.24, 2.45) is 22.8 Å². The van der Waals surface area contributed by atoms with Crippen LogP contribution in [0.5, 0.6) is 0 Å². The summed E-state index contributed by atoms with van der Waals surface area (Å²) in [5.41, 5.74) is 10.1. The molecule has 0 aromatic rings. The van der Waals surface area contributed by atoms with E-state index in [1.165, 1.54) is 0 Å². The van der Waals surface area contributed by atoms with E-state index in [4.69, 9.17) is 16.6 Å². The molecule has 1 rings (SSSR count). The first-order chi connectivity index (χ1) is 9.80. The highest BCUT2D eigenvalue weighted by atomic mass is 16.4. The Balaban J connectivity index is 2.70. The SMILES string of the molecule is CC1CCC(CN)(C(=O)NC(CCC(N)=O)C(=O)O)CC1. The van der Waals surface area contributed by atoms with Crippen LogP contribution in [0.4, 0.5) is 0 Å². The van der Waals surface area contributed by atoms with Crippen molar-refractivity contribution >= 4 is 17.8 Å². The molecule has 1 saturated carbocycles. The van der Waals surface area contributed by atoms with Gasteiger partial charge >= 0.3 is 5.97 Å². The summed E-state index contributed by atoms with van der Waals surface area (Å²) in [5.74, 6) is -1.52. The lowest BCUT2D eigenvalue weighted by molar-refractivity contribution is -0.145. The molecule has 1 aliphatic carbocycles. The Kier molecular flexibility index (Phi) is 6.14. The standard InChI is InChI=1S/C14H25N3O4/c1-9-4-6-14(8-15,7-5-9)13(21)17-10(12(19)20)2-3-11(16)18/h9-10H,2-8,15H2,1H3,(H2,16,18)(H,17,21)(H,19,20). The van der Waals surface area contributed by atoms with Crippen LogP contribution in [0.3, 0.4) is 0 Å². The van der Waals surface area contributed by atoms with Gasteiger partial charge in [0.15, 0.2) is 0 Å². The summed E-state index contributed by atoms with van der Waals surface area (Å²) >= 11 is 0. The minimum Gasteiger partial charge on any atom is -0.480 e. The molecule has 0 aromatic heterocycles. The summed E-state index contributed by atoms with van der Waals surface area (Å²) < 4.78 is 0. The van der Waals surface area contributed by atoms with Crippen molar-refractivity contribution in [1.82, 2.24) is 5.32 Å². The fraction of sp³-hybridized carbons (Fsp3) is 0.786. The van der Waals surface area contributed by atoms with E-state index in [0.717, 1.165) is 12.8 Å². The first-order valence-corrected chi connectivity index (χ1v) is 7.33. The van der Waals surface area contributed by atoms with Crippen LogP contribution in [0.15, 0.2) is 0 Å². The molecule has 120 valence electrons. The number of carboxylic acid groups (broad SMARTS) is 1. The van der Waals surface area contributed by atoms with Crippen LogP contribution in [-0.2, 0) is 14.4 Å². The number of rotatable bonds is 7. The van der Waals surface area contributed by atoms with Crippen molar-refractivity contribution in [1.29, 1.82) is 0 Å². The zero-order valence-electron chi connectivity index (χ0n) is 12.4. The largest absolute Gasteiger partial charge is 0.480 e.